The molecule has 0 saturated heterocycles. The fourth-order valence-corrected chi connectivity index (χ4v) is 2.87. The molecule has 0 fully saturated rings. The molecule has 146 valence electrons. The highest BCUT2D eigenvalue weighted by Crippen LogP contribution is 2.34. The summed E-state index contributed by atoms with van der Waals surface area (Å²) >= 11 is 6.19. The molecule has 27 heavy (non-hydrogen) atoms. The molecule has 0 aromatic heterocycles. The van der Waals surface area contributed by atoms with E-state index in [0.29, 0.717) is 31.2 Å². The van der Waals surface area contributed by atoms with Crippen LogP contribution in [0.25, 0.3) is 0 Å². The summed E-state index contributed by atoms with van der Waals surface area (Å²) in [6.45, 7) is 1.25. The lowest BCUT2D eigenvalue weighted by Crippen LogP contribution is -2.38. The zero-order valence-electron chi connectivity index (χ0n) is 16.1. The van der Waals surface area contributed by atoms with Gasteiger partial charge in [0.05, 0.1) is 21.3 Å². The van der Waals surface area contributed by atoms with Crippen molar-refractivity contribution in [1.82, 2.24) is 10.6 Å². The number of nitrogens with one attached hydrogen (secondary N) is 2. The van der Waals surface area contributed by atoms with Gasteiger partial charge in [0.2, 0.25) is 0 Å². The van der Waals surface area contributed by atoms with Gasteiger partial charge in [-0.15, -0.1) is 0 Å². The number of nitrogens with zero attached hydrogens (tertiary/aromatic N) is 1. The number of aliphatic imine (C=N–C) groups is 1. The Hall–Kier alpha value is -2.60. The van der Waals surface area contributed by atoms with Gasteiger partial charge in [0.15, 0.2) is 5.96 Å². The van der Waals surface area contributed by atoms with Crippen LogP contribution in [0.5, 0.6) is 17.2 Å². The Morgan fingerprint density at radius 2 is 1.67 bits per heavy atom. The van der Waals surface area contributed by atoms with Crippen LogP contribution in [0, 0.1) is 0 Å². The van der Waals surface area contributed by atoms with Gasteiger partial charge < -0.3 is 24.8 Å². The van der Waals surface area contributed by atoms with E-state index in [0.717, 1.165) is 27.6 Å². The van der Waals surface area contributed by atoms with E-state index in [4.69, 9.17) is 25.8 Å². The molecule has 0 atom stereocenters. The monoisotopic (exact) mass is 391 g/mol. The summed E-state index contributed by atoms with van der Waals surface area (Å²) in [7, 11) is 6.62. The van der Waals surface area contributed by atoms with E-state index in [9.17, 15) is 0 Å². The predicted molar refractivity (Wildman–Crippen MR) is 109 cm³/mol. The first-order valence-corrected chi connectivity index (χ1v) is 8.97. The molecule has 0 bridgehead atoms. The van der Waals surface area contributed by atoms with Gasteiger partial charge >= 0.3 is 0 Å². The van der Waals surface area contributed by atoms with Crippen molar-refractivity contribution in [3.05, 3.63) is 52.5 Å². The standard InChI is InChI=1S/C20H26ClN3O3/c1-22-20(24-13-14-7-5-6-8-17(14)21)23-10-9-16-18(26-3)11-15(25-2)12-19(16)27-4/h5-8,11-12H,9-10,13H2,1-4H3,(H2,22,23,24). The number of rotatable bonds is 8. The van der Waals surface area contributed by atoms with Gasteiger partial charge in [0.25, 0.3) is 0 Å². The van der Waals surface area contributed by atoms with E-state index >= 15 is 0 Å². The molecule has 6 nitrogen and oxygen atoms in total. The Morgan fingerprint density at radius 3 is 2.22 bits per heavy atom. The van der Waals surface area contributed by atoms with Crippen molar-refractivity contribution >= 4 is 17.6 Å². The summed E-state index contributed by atoms with van der Waals surface area (Å²) in [5, 5.41) is 7.28. The Balaban J connectivity index is 1.97. The smallest absolute Gasteiger partial charge is 0.191 e. The second kappa shape index (κ2) is 10.5. The number of benzene rings is 2. The average molecular weight is 392 g/mol. The van der Waals surface area contributed by atoms with Gasteiger partial charge in [-0.2, -0.15) is 0 Å². The number of guanidine groups is 1. The third-order valence-electron chi connectivity index (χ3n) is 4.11. The van der Waals surface area contributed by atoms with Crippen molar-refractivity contribution in [1.29, 1.82) is 0 Å². The summed E-state index contributed by atoms with van der Waals surface area (Å²) in [6.07, 6.45) is 0.698. The van der Waals surface area contributed by atoms with E-state index in [1.807, 2.05) is 36.4 Å². The summed E-state index contributed by atoms with van der Waals surface area (Å²) < 4.78 is 16.3. The molecule has 0 saturated carbocycles. The zero-order chi connectivity index (χ0) is 19.6. The lowest BCUT2D eigenvalue weighted by atomic mass is 10.1. The van der Waals surface area contributed by atoms with Crippen LogP contribution in [0.2, 0.25) is 5.02 Å². The van der Waals surface area contributed by atoms with Gasteiger partial charge in [-0.3, -0.25) is 4.99 Å². The first-order chi connectivity index (χ1) is 13.1. The van der Waals surface area contributed by atoms with Crippen LogP contribution in [-0.2, 0) is 13.0 Å². The highest BCUT2D eigenvalue weighted by molar-refractivity contribution is 6.31. The van der Waals surface area contributed by atoms with Gasteiger partial charge in [0.1, 0.15) is 17.2 Å². The summed E-state index contributed by atoms with van der Waals surface area (Å²) in [6, 6.07) is 11.4. The third kappa shape index (κ3) is 5.69. The number of ether oxygens (including phenoxy) is 3. The minimum atomic E-state index is 0.592. The van der Waals surface area contributed by atoms with Crippen molar-refractivity contribution in [3.8, 4) is 17.2 Å². The topological polar surface area (TPSA) is 64.1 Å². The summed E-state index contributed by atoms with van der Waals surface area (Å²) in [5.41, 5.74) is 1.98. The van der Waals surface area contributed by atoms with Crippen molar-refractivity contribution in [2.45, 2.75) is 13.0 Å². The largest absolute Gasteiger partial charge is 0.496 e. The van der Waals surface area contributed by atoms with Crippen molar-refractivity contribution in [2.75, 3.05) is 34.9 Å². The van der Waals surface area contributed by atoms with E-state index in [1.54, 1.807) is 28.4 Å². The van der Waals surface area contributed by atoms with Crippen molar-refractivity contribution in [2.24, 2.45) is 4.99 Å². The molecule has 0 aliphatic carbocycles. The van der Waals surface area contributed by atoms with Crippen LogP contribution < -0.4 is 24.8 Å². The van der Waals surface area contributed by atoms with Crippen LogP contribution >= 0.6 is 11.6 Å². The Bertz CT molecular complexity index is 756. The molecule has 2 N–H and O–H groups in total. The summed E-state index contributed by atoms with van der Waals surface area (Å²) in [5.74, 6) is 2.85. The lowest BCUT2D eigenvalue weighted by molar-refractivity contribution is 0.368. The number of hydrogen-bond acceptors (Lipinski definition) is 4. The van der Waals surface area contributed by atoms with Gasteiger partial charge in [-0.1, -0.05) is 29.8 Å². The van der Waals surface area contributed by atoms with E-state index in [2.05, 4.69) is 15.6 Å². The Kier molecular flexibility index (Phi) is 8.07. The molecular weight excluding hydrogens is 366 g/mol. The maximum Gasteiger partial charge on any atom is 0.191 e. The molecule has 2 rings (SSSR count). The highest BCUT2D eigenvalue weighted by atomic mass is 35.5. The van der Waals surface area contributed by atoms with Crippen molar-refractivity contribution in [3.63, 3.8) is 0 Å². The fraction of sp³-hybridized carbons (Fsp3) is 0.350. The summed E-state index contributed by atoms with van der Waals surface area (Å²) in [4.78, 5) is 4.25. The maximum absolute atomic E-state index is 6.19. The number of halogens is 1. The molecule has 0 radical (unpaired) electrons. The van der Waals surface area contributed by atoms with Crippen LogP contribution in [-0.4, -0.2) is 40.9 Å². The minimum Gasteiger partial charge on any atom is -0.496 e. The number of hydrogen-bond donors (Lipinski definition) is 2. The van der Waals surface area contributed by atoms with E-state index in [1.165, 1.54) is 0 Å². The normalized spacial score (nSPS) is 11.1. The second-order valence-electron chi connectivity index (χ2n) is 5.70. The molecule has 0 amide bonds. The predicted octanol–water partition coefficient (Wildman–Crippen LogP) is 3.27. The fourth-order valence-electron chi connectivity index (χ4n) is 2.67. The SMILES string of the molecule is CN=C(NCCc1c(OC)cc(OC)cc1OC)NCc1ccccc1Cl. The Morgan fingerprint density at radius 1 is 1.00 bits per heavy atom. The molecule has 0 aliphatic rings. The van der Waals surface area contributed by atoms with Gasteiger partial charge in [0, 0.05) is 42.9 Å². The lowest BCUT2D eigenvalue weighted by Gasteiger charge is -2.16. The molecular formula is C20H26ClN3O3. The van der Waals surface area contributed by atoms with E-state index < -0.39 is 0 Å². The molecule has 2 aromatic carbocycles. The average Bonchev–Trinajstić information content (AvgIpc) is 2.71. The molecule has 7 heteroatoms. The van der Waals surface area contributed by atoms with Gasteiger partial charge in [-0.25, -0.2) is 0 Å². The Labute approximate surface area is 165 Å². The minimum absolute atomic E-state index is 0.592. The quantitative estimate of drug-likeness (QED) is 0.534. The molecule has 0 heterocycles. The second-order valence-corrected chi connectivity index (χ2v) is 6.11. The molecule has 0 unspecified atom stereocenters. The van der Waals surface area contributed by atoms with Crippen LogP contribution in [0.4, 0.5) is 0 Å². The molecule has 0 spiro atoms. The first kappa shape index (κ1) is 20.7. The molecule has 0 aliphatic heterocycles. The van der Waals surface area contributed by atoms with Crippen molar-refractivity contribution < 1.29 is 14.2 Å². The van der Waals surface area contributed by atoms with Crippen LogP contribution in [0.15, 0.2) is 41.4 Å². The van der Waals surface area contributed by atoms with Gasteiger partial charge in [-0.05, 0) is 18.1 Å². The molecule has 2 aromatic rings. The highest BCUT2D eigenvalue weighted by Gasteiger charge is 2.13. The maximum atomic E-state index is 6.19. The first-order valence-electron chi connectivity index (χ1n) is 8.59. The van der Waals surface area contributed by atoms with E-state index in [-0.39, 0.29) is 0 Å². The number of methoxy groups -OCH3 is 3. The zero-order valence-corrected chi connectivity index (χ0v) is 16.9. The third-order valence-corrected chi connectivity index (χ3v) is 4.48. The van der Waals surface area contributed by atoms with Crippen LogP contribution in [0.3, 0.4) is 0 Å². The van der Waals surface area contributed by atoms with Crippen LogP contribution in [0.1, 0.15) is 11.1 Å².